The van der Waals surface area contributed by atoms with Crippen molar-refractivity contribution in [3.05, 3.63) is 0 Å². The van der Waals surface area contributed by atoms with Crippen molar-refractivity contribution in [2.75, 3.05) is 59.5 Å². The minimum Gasteiger partial charge on any atom is -0.407 e. The Morgan fingerprint density at radius 3 is 0.545 bits per heavy atom. The van der Waals surface area contributed by atoms with Gasteiger partial charge < -0.3 is 55.0 Å². The predicted molar refractivity (Wildman–Crippen MR) is 222 cm³/mol. The highest BCUT2D eigenvalue weighted by Crippen LogP contribution is 2.23. The molecule has 0 unspecified atom stereocenters. The van der Waals surface area contributed by atoms with Crippen molar-refractivity contribution < 1.29 is 55.0 Å². The summed E-state index contributed by atoms with van der Waals surface area (Å²) < 4.78 is 77.5. The van der Waals surface area contributed by atoms with E-state index in [1.165, 1.54) is 0 Å². The van der Waals surface area contributed by atoms with Gasteiger partial charge in [0.1, 0.15) is 0 Å². The molecule has 0 aromatic rings. The molecule has 325 valence electrons. The molecule has 0 amide bonds. The van der Waals surface area contributed by atoms with Gasteiger partial charge in [-0.25, -0.2) is 0 Å². The fraction of sp³-hybridized carbons (Fsp3) is 1.00. The smallest absolute Gasteiger partial charge is 0.407 e. The van der Waals surface area contributed by atoms with Crippen LogP contribution in [0.2, 0.25) is 0 Å². The van der Waals surface area contributed by atoms with Gasteiger partial charge in [0.05, 0.1) is 59.5 Å². The summed E-state index contributed by atoms with van der Waals surface area (Å²) in [4.78, 5) is 0. The molecule has 0 N–H and O–H groups in total. The lowest BCUT2D eigenvalue weighted by atomic mass is 10.4. The molecule has 16 heteroatoms. The van der Waals surface area contributed by atoms with Gasteiger partial charge >= 0.3 is 38.8 Å². The first-order valence-corrected chi connectivity index (χ1v) is 25.7. The number of rotatable bonds is 45. The number of unbranched alkanes of at least 4 members (excludes halogenated alkanes) is 9. The van der Waals surface area contributed by atoms with Gasteiger partial charge in [-0.1, -0.05) is 120 Å². The lowest BCUT2D eigenvalue weighted by Crippen LogP contribution is -2.54. The molecule has 0 atom stereocenters. The van der Waals surface area contributed by atoms with Crippen LogP contribution in [0.4, 0.5) is 0 Å². The van der Waals surface area contributed by atoms with E-state index in [9.17, 15) is 0 Å². The maximum Gasteiger partial charge on any atom is 0.544 e. The zero-order chi connectivity index (χ0) is 40.8. The minimum atomic E-state index is -2.60. The van der Waals surface area contributed by atoms with Crippen LogP contribution >= 0.6 is 0 Å². The van der Waals surface area contributed by atoms with E-state index in [2.05, 4.69) is 62.3 Å². The van der Waals surface area contributed by atoms with Crippen LogP contribution in [-0.4, -0.2) is 115 Å². The lowest BCUT2D eigenvalue weighted by Gasteiger charge is -2.36. The average molecular weight is 854 g/mol. The van der Waals surface area contributed by atoms with E-state index >= 15 is 0 Å². The summed E-state index contributed by atoms with van der Waals surface area (Å²) >= 11 is 0. The first-order chi connectivity index (χ1) is 26.8. The summed E-state index contributed by atoms with van der Waals surface area (Å²) in [5, 5.41) is 0. The first-order valence-electron chi connectivity index (χ1n) is 21.8. The van der Waals surface area contributed by atoms with Crippen LogP contribution in [0.1, 0.15) is 178 Å². The largest absolute Gasteiger partial charge is 0.544 e. The highest BCUT2D eigenvalue weighted by Gasteiger charge is 2.45. The van der Waals surface area contributed by atoms with Crippen LogP contribution in [0.15, 0.2) is 0 Å². The fourth-order valence-corrected chi connectivity index (χ4v) is 9.75. The Bertz CT molecular complexity index is 629. The minimum absolute atomic E-state index is 0.408. The third kappa shape index (κ3) is 28.5. The monoisotopic (exact) mass is 853 g/mol. The summed E-state index contributed by atoms with van der Waals surface area (Å²) in [6.07, 6.45) is 16.5. The second-order valence-electron chi connectivity index (χ2n) is 13.3. The van der Waals surface area contributed by atoms with Crippen LogP contribution < -0.4 is 0 Å². The van der Waals surface area contributed by atoms with Gasteiger partial charge in [-0.05, 0) is 57.8 Å². The van der Waals surface area contributed by atoms with Gasteiger partial charge in [0.15, 0.2) is 0 Å². The van der Waals surface area contributed by atoms with E-state index in [1.807, 2.05) is 0 Å². The van der Waals surface area contributed by atoms with E-state index in [4.69, 9.17) is 55.0 Å². The third-order valence-electron chi connectivity index (χ3n) is 7.89. The van der Waals surface area contributed by atoms with Crippen molar-refractivity contribution in [3.63, 3.8) is 0 Å². The summed E-state index contributed by atoms with van der Waals surface area (Å²) in [5.74, 6) is 0. The van der Waals surface area contributed by atoms with Crippen molar-refractivity contribution in [2.45, 2.75) is 195 Å². The van der Waals surface area contributed by atoms with Crippen molar-refractivity contribution in [1.29, 1.82) is 0 Å². The van der Waals surface area contributed by atoms with Crippen LogP contribution in [0, 0.1) is 0 Å². The van der Waals surface area contributed by atoms with Crippen LogP contribution in [-0.2, 0) is 55.0 Å². The fourth-order valence-electron chi connectivity index (χ4n) is 4.17. The third-order valence-corrected chi connectivity index (χ3v) is 13.2. The van der Waals surface area contributed by atoms with E-state index < -0.39 is 55.6 Å². The first kappa shape index (κ1) is 55.4. The zero-order valence-electron chi connectivity index (χ0n) is 36.5. The number of ether oxygens (including phenoxy) is 9. The molecule has 0 aromatic carbocycles. The van der Waals surface area contributed by atoms with Gasteiger partial charge in [-0.15, -0.1) is 0 Å². The van der Waals surface area contributed by atoms with Crippen molar-refractivity contribution in [2.24, 2.45) is 0 Å². The summed E-state index contributed by atoms with van der Waals surface area (Å²) in [6, 6.07) is 0. The molecule has 0 aliphatic heterocycles. The average Bonchev–Trinajstić information content (AvgIpc) is 3.18. The molecular formula is C39H81O12Si4. The van der Waals surface area contributed by atoms with Crippen LogP contribution in [0.25, 0.3) is 0 Å². The summed E-state index contributed by atoms with van der Waals surface area (Å²) in [7, 11) is -3.82. The SMILES string of the molecule is CCCCOC(OCCCC)(OCCCC)[Si]O[Si](O[Si]C(OCCCC)(OCCCC)OCCCC)O[Si]C(OCCCC)(OCCCC)OCCCC. The van der Waals surface area contributed by atoms with Crippen molar-refractivity contribution >= 4 is 38.8 Å². The molecule has 0 rings (SSSR count). The highest BCUT2D eigenvalue weighted by atomic mass is 28.4. The molecule has 0 saturated carbocycles. The maximum atomic E-state index is 6.64. The van der Waals surface area contributed by atoms with E-state index in [1.54, 1.807) is 0 Å². The molecule has 0 aliphatic carbocycles. The molecule has 12 nitrogen and oxygen atoms in total. The standard InChI is InChI=1S/C39H81O12Si4/c1-10-19-28-40-37(41-29-20-11-2,42-30-21-12-3)52-49-55(50-53-38(43-31-22-13-4,44-32-23-14-5)45-33-24-15-6)51-54-39(46-34-25-16-7,47-35-26-17-8)48-36-27-18-9/h10-36H2,1-9H3. The Kier molecular flexibility index (Phi) is 38.9. The van der Waals surface area contributed by atoms with Gasteiger partial charge in [0.2, 0.25) is 0 Å². The topological polar surface area (TPSA) is 111 Å². The molecule has 0 aliphatic rings. The molecule has 0 bridgehead atoms. The second kappa shape index (κ2) is 38.6. The number of hydrogen-bond donors (Lipinski definition) is 0. The Hall–Kier alpha value is 0.388. The predicted octanol–water partition coefficient (Wildman–Crippen LogP) is 9.06. The molecule has 0 fully saturated rings. The molecule has 0 saturated heterocycles. The molecule has 0 spiro atoms. The van der Waals surface area contributed by atoms with E-state index in [0.29, 0.717) is 59.5 Å². The van der Waals surface area contributed by atoms with Gasteiger partial charge in [0, 0.05) is 0 Å². The second-order valence-corrected chi connectivity index (χ2v) is 18.7. The summed E-state index contributed by atoms with van der Waals surface area (Å²) in [5.41, 5.74) is -4.20. The Morgan fingerprint density at radius 2 is 0.418 bits per heavy atom. The quantitative estimate of drug-likeness (QED) is 0.0331. The van der Waals surface area contributed by atoms with Crippen molar-refractivity contribution in [1.82, 2.24) is 0 Å². The lowest BCUT2D eigenvalue weighted by molar-refractivity contribution is -0.333. The normalized spacial score (nSPS) is 12.8. The molecule has 0 aromatic heterocycles. The Labute approximate surface area is 346 Å². The zero-order valence-corrected chi connectivity index (χ0v) is 40.5. The molecule has 7 radical (unpaired) electrons. The molecule has 55 heavy (non-hydrogen) atoms. The highest BCUT2D eigenvalue weighted by molar-refractivity contribution is 6.59. The molecule has 0 heterocycles. The van der Waals surface area contributed by atoms with Gasteiger partial charge in [-0.3, -0.25) is 0 Å². The van der Waals surface area contributed by atoms with E-state index in [0.717, 1.165) is 116 Å². The van der Waals surface area contributed by atoms with Crippen molar-refractivity contribution in [3.8, 4) is 0 Å². The molecular weight excluding hydrogens is 773 g/mol. The van der Waals surface area contributed by atoms with Crippen LogP contribution in [0.3, 0.4) is 0 Å². The van der Waals surface area contributed by atoms with Gasteiger partial charge in [-0.2, -0.15) is 0 Å². The number of hydrogen-bond acceptors (Lipinski definition) is 12. The van der Waals surface area contributed by atoms with Crippen LogP contribution in [0.5, 0.6) is 0 Å². The van der Waals surface area contributed by atoms with Gasteiger partial charge in [0.25, 0.3) is 16.8 Å². The Morgan fingerprint density at radius 1 is 0.273 bits per heavy atom. The van der Waals surface area contributed by atoms with E-state index in [-0.39, 0.29) is 0 Å². The Balaban J connectivity index is 6.83. The summed E-state index contributed by atoms with van der Waals surface area (Å²) in [6.45, 7) is 23.4. The maximum absolute atomic E-state index is 6.64.